The van der Waals surface area contributed by atoms with Crippen LogP contribution in [0.3, 0.4) is 0 Å². The first kappa shape index (κ1) is 21.3. The summed E-state index contributed by atoms with van der Waals surface area (Å²) in [4.78, 5) is 27.2. The van der Waals surface area contributed by atoms with Gasteiger partial charge in [0.2, 0.25) is 3.79 Å². The lowest BCUT2D eigenvalue weighted by atomic mass is 9.76. The molecular formula is C20H23Cl3N2O3. The van der Waals surface area contributed by atoms with Gasteiger partial charge in [0.05, 0.1) is 19.6 Å². The summed E-state index contributed by atoms with van der Waals surface area (Å²) < 4.78 is 3.53. The van der Waals surface area contributed by atoms with Crippen LogP contribution in [0.1, 0.15) is 36.3 Å². The van der Waals surface area contributed by atoms with Crippen molar-refractivity contribution in [3.63, 3.8) is 0 Å². The second-order valence-electron chi connectivity index (χ2n) is 7.24. The van der Waals surface area contributed by atoms with Crippen molar-refractivity contribution in [1.29, 1.82) is 0 Å². The molecule has 2 heterocycles. The molecule has 1 aromatic rings. The van der Waals surface area contributed by atoms with E-state index in [-0.39, 0.29) is 36.5 Å². The van der Waals surface area contributed by atoms with Gasteiger partial charge in [-0.05, 0) is 30.4 Å². The molecule has 0 aromatic heterocycles. The topological polar surface area (TPSA) is 58.6 Å². The molecule has 2 bridgehead atoms. The maximum absolute atomic E-state index is 12.8. The predicted octanol–water partition coefficient (Wildman–Crippen LogP) is 4.52. The van der Waals surface area contributed by atoms with E-state index in [1.165, 1.54) is 7.11 Å². The zero-order valence-electron chi connectivity index (χ0n) is 15.5. The van der Waals surface area contributed by atoms with Crippen LogP contribution in [-0.2, 0) is 9.53 Å². The van der Waals surface area contributed by atoms with Crippen molar-refractivity contribution in [3.05, 3.63) is 42.0 Å². The van der Waals surface area contributed by atoms with Gasteiger partial charge >= 0.3 is 12.0 Å². The number of hydrogen-bond donors (Lipinski definition) is 1. The van der Waals surface area contributed by atoms with Gasteiger partial charge in [0.1, 0.15) is 0 Å². The lowest BCUT2D eigenvalue weighted by Crippen LogP contribution is -2.56. The van der Waals surface area contributed by atoms with Crippen molar-refractivity contribution in [2.75, 3.05) is 13.7 Å². The number of carbonyl (C=O) groups excluding carboxylic acids is 2. The summed E-state index contributed by atoms with van der Waals surface area (Å²) in [5, 5.41) is 2.67. The molecule has 0 aliphatic carbocycles. The average Bonchev–Trinajstić information content (AvgIpc) is 2.98. The number of amides is 2. The van der Waals surface area contributed by atoms with Gasteiger partial charge in [-0.1, -0.05) is 71.7 Å². The standard InChI is InChI=1S/C20H23Cl3N2O3/c1-3-12-4-6-13(7-5-12)15-10-14-8-9-16(17(15)18(26)28-2)25(14)19(27)24-11-20(21,22)23/h3-7,14-17H,1,8-11H2,2H3,(H,24,27)/t14-,15+,16+,17-/m0/s1. The van der Waals surface area contributed by atoms with Crippen molar-refractivity contribution >= 4 is 52.9 Å². The summed E-state index contributed by atoms with van der Waals surface area (Å²) in [6, 6.07) is 7.49. The summed E-state index contributed by atoms with van der Waals surface area (Å²) >= 11 is 17.3. The number of rotatable bonds is 4. The van der Waals surface area contributed by atoms with E-state index in [1.807, 2.05) is 24.3 Å². The molecule has 3 rings (SSSR count). The van der Waals surface area contributed by atoms with Crippen LogP contribution >= 0.6 is 34.8 Å². The molecule has 0 spiro atoms. The van der Waals surface area contributed by atoms with Crippen LogP contribution in [0.5, 0.6) is 0 Å². The monoisotopic (exact) mass is 444 g/mol. The van der Waals surface area contributed by atoms with Crippen molar-refractivity contribution in [1.82, 2.24) is 10.2 Å². The van der Waals surface area contributed by atoms with Gasteiger partial charge in [0.25, 0.3) is 0 Å². The largest absolute Gasteiger partial charge is 0.469 e. The Balaban J connectivity index is 1.86. The number of benzene rings is 1. The molecular weight excluding hydrogens is 423 g/mol. The lowest BCUT2D eigenvalue weighted by molar-refractivity contribution is -0.149. The SMILES string of the molecule is C=Cc1ccc([C@H]2C[C@@H]3CC[C@H]([C@H]2C(=O)OC)N3C(=O)NCC(Cl)(Cl)Cl)cc1. The number of nitrogens with one attached hydrogen (secondary N) is 1. The Kier molecular flexibility index (Phi) is 6.47. The highest BCUT2D eigenvalue weighted by atomic mass is 35.6. The fraction of sp³-hybridized carbons (Fsp3) is 0.500. The maximum atomic E-state index is 12.8. The first-order valence-corrected chi connectivity index (χ1v) is 10.3. The Morgan fingerprint density at radius 1 is 1.29 bits per heavy atom. The number of methoxy groups -OCH3 is 1. The Labute approximate surface area is 179 Å². The number of nitrogens with zero attached hydrogens (tertiary/aromatic N) is 1. The third-order valence-electron chi connectivity index (χ3n) is 5.67. The van der Waals surface area contributed by atoms with Crippen LogP contribution in [0.15, 0.2) is 30.8 Å². The van der Waals surface area contributed by atoms with E-state index in [9.17, 15) is 9.59 Å². The fourth-order valence-electron chi connectivity index (χ4n) is 4.47. The van der Waals surface area contributed by atoms with E-state index < -0.39 is 9.71 Å². The van der Waals surface area contributed by atoms with Gasteiger partial charge in [0, 0.05) is 18.0 Å². The van der Waals surface area contributed by atoms with Gasteiger partial charge in [-0.25, -0.2) is 4.79 Å². The van der Waals surface area contributed by atoms with E-state index in [0.717, 1.165) is 24.0 Å². The molecule has 2 amide bonds. The highest BCUT2D eigenvalue weighted by molar-refractivity contribution is 6.67. The first-order valence-electron chi connectivity index (χ1n) is 9.18. The summed E-state index contributed by atoms with van der Waals surface area (Å²) in [6.07, 6.45) is 4.04. The van der Waals surface area contributed by atoms with Gasteiger partial charge < -0.3 is 15.0 Å². The average molecular weight is 446 g/mol. The first-order chi connectivity index (χ1) is 13.2. The molecule has 28 heavy (non-hydrogen) atoms. The quantitative estimate of drug-likeness (QED) is 0.547. The molecule has 0 saturated carbocycles. The van der Waals surface area contributed by atoms with Crippen molar-refractivity contribution in [3.8, 4) is 0 Å². The molecule has 0 radical (unpaired) electrons. The molecule has 2 aliphatic heterocycles. The third-order valence-corrected chi connectivity index (χ3v) is 6.07. The fourth-order valence-corrected chi connectivity index (χ4v) is 4.67. The van der Waals surface area contributed by atoms with Crippen LogP contribution in [0.2, 0.25) is 0 Å². The Bertz CT molecular complexity index is 748. The highest BCUT2D eigenvalue weighted by Gasteiger charge is 2.52. The van der Waals surface area contributed by atoms with Crippen molar-refractivity contribution < 1.29 is 14.3 Å². The molecule has 8 heteroatoms. The lowest BCUT2D eigenvalue weighted by Gasteiger charge is -2.43. The van der Waals surface area contributed by atoms with E-state index in [2.05, 4.69) is 11.9 Å². The van der Waals surface area contributed by atoms with E-state index in [1.54, 1.807) is 11.0 Å². The number of halogens is 3. The summed E-state index contributed by atoms with van der Waals surface area (Å²) in [5.74, 6) is -0.750. The maximum Gasteiger partial charge on any atom is 0.318 e. The van der Waals surface area contributed by atoms with Gasteiger partial charge in [-0.2, -0.15) is 0 Å². The number of hydrogen-bond acceptors (Lipinski definition) is 3. The Hall–Kier alpha value is -1.43. The molecule has 5 nitrogen and oxygen atoms in total. The Morgan fingerprint density at radius 3 is 2.54 bits per heavy atom. The van der Waals surface area contributed by atoms with Crippen LogP contribution in [-0.4, -0.2) is 46.4 Å². The van der Waals surface area contributed by atoms with E-state index >= 15 is 0 Å². The van der Waals surface area contributed by atoms with Crippen LogP contribution in [0.25, 0.3) is 6.08 Å². The minimum atomic E-state index is -1.57. The van der Waals surface area contributed by atoms with Crippen LogP contribution in [0, 0.1) is 5.92 Å². The van der Waals surface area contributed by atoms with Gasteiger partial charge in [-0.3, -0.25) is 4.79 Å². The molecule has 2 aliphatic rings. The summed E-state index contributed by atoms with van der Waals surface area (Å²) in [7, 11) is 1.38. The van der Waals surface area contributed by atoms with Crippen LogP contribution < -0.4 is 5.32 Å². The number of fused-ring (bicyclic) bond motifs is 2. The minimum Gasteiger partial charge on any atom is -0.469 e. The zero-order chi connectivity index (χ0) is 20.5. The number of urea groups is 1. The van der Waals surface area contributed by atoms with E-state index in [0.29, 0.717) is 6.42 Å². The predicted molar refractivity (Wildman–Crippen MR) is 112 cm³/mol. The van der Waals surface area contributed by atoms with Crippen molar-refractivity contribution in [2.24, 2.45) is 5.92 Å². The molecule has 0 unspecified atom stereocenters. The second-order valence-corrected chi connectivity index (χ2v) is 9.76. The Morgan fingerprint density at radius 2 is 1.96 bits per heavy atom. The number of piperidine rings is 1. The van der Waals surface area contributed by atoms with Gasteiger partial charge in [-0.15, -0.1) is 0 Å². The zero-order valence-corrected chi connectivity index (χ0v) is 17.8. The number of ether oxygens (including phenoxy) is 1. The number of carbonyl (C=O) groups is 2. The third kappa shape index (κ3) is 4.42. The van der Waals surface area contributed by atoms with Gasteiger partial charge in [0.15, 0.2) is 0 Å². The molecule has 2 fully saturated rings. The normalized spacial score (nSPS) is 26.6. The van der Waals surface area contributed by atoms with E-state index in [4.69, 9.17) is 39.5 Å². The summed E-state index contributed by atoms with van der Waals surface area (Å²) in [5.41, 5.74) is 2.09. The highest BCUT2D eigenvalue weighted by Crippen LogP contribution is 2.47. The molecule has 1 N–H and O–H groups in total. The minimum absolute atomic E-state index is 0.0129. The van der Waals surface area contributed by atoms with Crippen LogP contribution in [0.4, 0.5) is 4.79 Å². The number of alkyl halides is 3. The smallest absolute Gasteiger partial charge is 0.318 e. The summed E-state index contributed by atoms with van der Waals surface area (Å²) in [6.45, 7) is 3.68. The molecule has 152 valence electrons. The second kappa shape index (κ2) is 8.52. The molecule has 4 atom stereocenters. The van der Waals surface area contributed by atoms with Crippen molar-refractivity contribution in [2.45, 2.75) is 41.1 Å². The molecule has 1 aromatic carbocycles. The number of esters is 1. The molecule has 2 saturated heterocycles.